The summed E-state index contributed by atoms with van der Waals surface area (Å²) in [6.07, 6.45) is 0.893. The molecule has 21 heavy (non-hydrogen) atoms. The molecule has 0 saturated carbocycles. The van der Waals surface area contributed by atoms with Crippen molar-refractivity contribution in [3.8, 4) is 5.75 Å². The van der Waals surface area contributed by atoms with Crippen molar-refractivity contribution in [3.63, 3.8) is 0 Å². The average molecular weight is 348 g/mol. The molecule has 0 fully saturated rings. The number of para-hydroxylation sites is 1. The molecule has 1 unspecified atom stereocenters. The summed E-state index contributed by atoms with van der Waals surface area (Å²) in [5, 5.41) is 12.6. The number of halogens is 1. The first-order chi connectivity index (χ1) is 10.1. The van der Waals surface area contributed by atoms with Crippen LogP contribution in [0.2, 0.25) is 0 Å². The van der Waals surface area contributed by atoms with E-state index >= 15 is 0 Å². The molecule has 0 aliphatic heterocycles. The highest BCUT2D eigenvalue weighted by Gasteiger charge is 2.10. The first kappa shape index (κ1) is 15.6. The lowest BCUT2D eigenvalue weighted by atomic mass is 10.1. The number of hydrogen-bond acceptors (Lipinski definition) is 2. The van der Waals surface area contributed by atoms with E-state index in [0.29, 0.717) is 12.8 Å². The van der Waals surface area contributed by atoms with Crippen molar-refractivity contribution in [1.82, 2.24) is 5.32 Å². The fourth-order valence-corrected chi connectivity index (χ4v) is 2.38. The minimum absolute atomic E-state index is 0.0197. The molecule has 0 spiro atoms. The number of aromatic hydroxyl groups is 1. The van der Waals surface area contributed by atoms with E-state index in [2.05, 4.69) is 21.2 Å². The van der Waals surface area contributed by atoms with Gasteiger partial charge in [-0.05, 0) is 42.7 Å². The summed E-state index contributed by atoms with van der Waals surface area (Å²) in [4.78, 5) is 12.0. The second kappa shape index (κ2) is 7.27. The van der Waals surface area contributed by atoms with Gasteiger partial charge in [0.2, 0.25) is 5.91 Å². The Bertz CT molecular complexity index is 610. The van der Waals surface area contributed by atoms with E-state index < -0.39 is 0 Å². The van der Waals surface area contributed by atoms with Gasteiger partial charge in [-0.1, -0.05) is 46.3 Å². The maximum atomic E-state index is 12.0. The van der Waals surface area contributed by atoms with E-state index in [1.54, 1.807) is 12.1 Å². The summed E-state index contributed by atoms with van der Waals surface area (Å²) in [5.41, 5.74) is 1.86. The molecule has 0 aliphatic carbocycles. The maximum absolute atomic E-state index is 12.0. The second-order valence-electron chi connectivity index (χ2n) is 4.97. The lowest BCUT2D eigenvalue weighted by molar-refractivity contribution is -0.121. The number of rotatable bonds is 5. The van der Waals surface area contributed by atoms with E-state index in [-0.39, 0.29) is 17.7 Å². The van der Waals surface area contributed by atoms with Crippen LogP contribution in [0.5, 0.6) is 5.75 Å². The summed E-state index contributed by atoms with van der Waals surface area (Å²) < 4.78 is 1.02. The second-order valence-corrected chi connectivity index (χ2v) is 5.89. The number of phenols is 1. The van der Waals surface area contributed by atoms with Gasteiger partial charge in [-0.25, -0.2) is 0 Å². The highest BCUT2D eigenvalue weighted by molar-refractivity contribution is 9.10. The van der Waals surface area contributed by atoms with Gasteiger partial charge in [0, 0.05) is 10.9 Å². The van der Waals surface area contributed by atoms with Crippen LogP contribution in [-0.4, -0.2) is 11.0 Å². The number of hydrogen-bond donors (Lipinski definition) is 2. The van der Waals surface area contributed by atoms with Gasteiger partial charge in [0.15, 0.2) is 0 Å². The molecule has 110 valence electrons. The third kappa shape index (κ3) is 4.60. The molecule has 4 heteroatoms. The average Bonchev–Trinajstić information content (AvgIpc) is 2.47. The molecule has 2 aromatic rings. The molecule has 1 atom stereocenters. The Morgan fingerprint density at radius 3 is 2.52 bits per heavy atom. The fraction of sp³-hybridized carbons (Fsp3) is 0.235. The van der Waals surface area contributed by atoms with Gasteiger partial charge in [0.05, 0.1) is 6.04 Å². The van der Waals surface area contributed by atoms with E-state index in [9.17, 15) is 9.90 Å². The lowest BCUT2D eigenvalue weighted by Gasteiger charge is -2.14. The smallest absolute Gasteiger partial charge is 0.220 e. The number of phenolic OH excluding ortho intramolecular Hbond substituents is 1. The number of nitrogens with one attached hydrogen (secondary N) is 1. The summed E-state index contributed by atoms with van der Waals surface area (Å²) in [7, 11) is 0. The lowest BCUT2D eigenvalue weighted by Crippen LogP contribution is -2.26. The summed E-state index contributed by atoms with van der Waals surface area (Å²) in [5.74, 6) is 0.222. The first-order valence-corrected chi connectivity index (χ1v) is 7.67. The highest BCUT2D eigenvalue weighted by atomic mass is 79.9. The molecule has 0 bridgehead atoms. The standard InChI is InChI=1S/C17H18BrNO2/c1-12(13-6-9-15(18)10-7-13)19-17(21)11-8-14-4-2-3-5-16(14)20/h2-7,9-10,12,20H,8,11H2,1H3,(H,19,21). The summed E-state index contributed by atoms with van der Waals surface area (Å²) in [6.45, 7) is 1.96. The van der Waals surface area contributed by atoms with Crippen LogP contribution in [0, 0.1) is 0 Å². The van der Waals surface area contributed by atoms with Crippen molar-refractivity contribution < 1.29 is 9.90 Å². The molecule has 0 radical (unpaired) electrons. The van der Waals surface area contributed by atoms with Gasteiger partial charge in [-0.3, -0.25) is 4.79 Å². The molecule has 0 saturated heterocycles. The van der Waals surface area contributed by atoms with Crippen LogP contribution in [0.3, 0.4) is 0 Å². The molecule has 0 aliphatic rings. The van der Waals surface area contributed by atoms with Gasteiger partial charge < -0.3 is 10.4 Å². The van der Waals surface area contributed by atoms with Gasteiger partial charge in [0.25, 0.3) is 0 Å². The third-order valence-electron chi connectivity index (χ3n) is 3.36. The third-order valence-corrected chi connectivity index (χ3v) is 3.89. The van der Waals surface area contributed by atoms with Crippen LogP contribution in [0.15, 0.2) is 53.0 Å². The monoisotopic (exact) mass is 347 g/mol. The van der Waals surface area contributed by atoms with E-state index in [0.717, 1.165) is 15.6 Å². The van der Waals surface area contributed by atoms with Gasteiger partial charge >= 0.3 is 0 Å². The number of benzene rings is 2. The highest BCUT2D eigenvalue weighted by Crippen LogP contribution is 2.19. The van der Waals surface area contributed by atoms with Crippen molar-refractivity contribution in [2.75, 3.05) is 0 Å². The van der Waals surface area contributed by atoms with Crippen molar-refractivity contribution in [2.45, 2.75) is 25.8 Å². The predicted molar refractivity (Wildman–Crippen MR) is 87.1 cm³/mol. The normalized spacial score (nSPS) is 11.9. The molecule has 2 rings (SSSR count). The molecule has 2 N–H and O–H groups in total. The van der Waals surface area contributed by atoms with Crippen LogP contribution in [0.25, 0.3) is 0 Å². The van der Waals surface area contributed by atoms with Crippen LogP contribution in [0.1, 0.15) is 30.5 Å². The van der Waals surface area contributed by atoms with Crippen molar-refractivity contribution in [2.24, 2.45) is 0 Å². The van der Waals surface area contributed by atoms with Crippen LogP contribution in [-0.2, 0) is 11.2 Å². The first-order valence-electron chi connectivity index (χ1n) is 6.88. The van der Waals surface area contributed by atoms with E-state index in [4.69, 9.17) is 0 Å². The zero-order valence-electron chi connectivity index (χ0n) is 11.8. The van der Waals surface area contributed by atoms with E-state index in [1.807, 2.05) is 43.3 Å². The maximum Gasteiger partial charge on any atom is 0.220 e. The van der Waals surface area contributed by atoms with Crippen molar-refractivity contribution in [1.29, 1.82) is 0 Å². The molecule has 0 aromatic heterocycles. The molecule has 2 aromatic carbocycles. The topological polar surface area (TPSA) is 49.3 Å². The Kier molecular flexibility index (Phi) is 5.39. The molecule has 3 nitrogen and oxygen atoms in total. The molecule has 1 amide bonds. The zero-order valence-corrected chi connectivity index (χ0v) is 13.4. The number of amides is 1. The van der Waals surface area contributed by atoms with Gasteiger partial charge in [0.1, 0.15) is 5.75 Å². The van der Waals surface area contributed by atoms with Gasteiger partial charge in [-0.15, -0.1) is 0 Å². The van der Waals surface area contributed by atoms with Crippen molar-refractivity contribution >= 4 is 21.8 Å². The number of carbonyl (C=O) groups excluding carboxylic acids is 1. The number of aryl methyl sites for hydroxylation is 1. The van der Waals surface area contributed by atoms with Crippen molar-refractivity contribution in [3.05, 3.63) is 64.1 Å². The Morgan fingerprint density at radius 2 is 1.86 bits per heavy atom. The summed E-state index contributed by atoms with van der Waals surface area (Å²) in [6, 6.07) is 15.0. The molecule has 0 heterocycles. The Labute approximate surface area is 133 Å². The molecular weight excluding hydrogens is 330 g/mol. The fourth-order valence-electron chi connectivity index (χ4n) is 2.12. The van der Waals surface area contributed by atoms with E-state index in [1.165, 1.54) is 0 Å². The van der Waals surface area contributed by atoms with Crippen LogP contribution in [0.4, 0.5) is 0 Å². The SMILES string of the molecule is CC(NC(=O)CCc1ccccc1O)c1ccc(Br)cc1. The summed E-state index contributed by atoms with van der Waals surface area (Å²) >= 11 is 3.39. The minimum Gasteiger partial charge on any atom is -0.508 e. The molecular formula is C17H18BrNO2. The Morgan fingerprint density at radius 1 is 1.19 bits per heavy atom. The van der Waals surface area contributed by atoms with Gasteiger partial charge in [-0.2, -0.15) is 0 Å². The van der Waals surface area contributed by atoms with Crippen LogP contribution >= 0.6 is 15.9 Å². The van der Waals surface area contributed by atoms with Crippen LogP contribution < -0.4 is 5.32 Å². The zero-order chi connectivity index (χ0) is 15.2. The Hall–Kier alpha value is -1.81. The quantitative estimate of drug-likeness (QED) is 0.859. The predicted octanol–water partition coefficient (Wildman–Crippen LogP) is 3.96. The Balaban J connectivity index is 1.87. The largest absolute Gasteiger partial charge is 0.508 e. The number of carbonyl (C=O) groups is 1. The minimum atomic E-state index is -0.0324.